The first-order valence-electron chi connectivity index (χ1n) is 29.7. The molecule has 6 aliphatic rings. The van der Waals surface area contributed by atoms with E-state index in [2.05, 4.69) is 51.7 Å². The number of para-hydroxylation sites is 2. The molecule has 4 heterocycles. The van der Waals surface area contributed by atoms with E-state index in [0.29, 0.717) is 11.1 Å². The summed E-state index contributed by atoms with van der Waals surface area (Å²) in [6, 6.07) is 4.41. The Morgan fingerprint density at radius 2 is 0.777 bits per heavy atom. The van der Waals surface area contributed by atoms with Crippen LogP contribution in [0.5, 0.6) is 0 Å². The van der Waals surface area contributed by atoms with Crippen LogP contribution < -0.4 is 67.4 Å². The van der Waals surface area contributed by atoms with Crippen molar-refractivity contribution in [2.45, 2.75) is 196 Å². The predicted molar refractivity (Wildman–Crippen MR) is 330 cm³/mol. The van der Waals surface area contributed by atoms with Crippen molar-refractivity contribution in [3.8, 4) is 11.1 Å². The van der Waals surface area contributed by atoms with E-state index in [-0.39, 0.29) is 11.4 Å². The lowest BCUT2D eigenvalue weighted by atomic mass is 9.81. The third-order valence-corrected chi connectivity index (χ3v) is 17.4. The van der Waals surface area contributed by atoms with Crippen molar-refractivity contribution in [1.29, 1.82) is 0 Å². The number of rotatable bonds is 23. The minimum absolute atomic E-state index is 0.281. The number of hydrogen-bond donors (Lipinski definition) is 26. The van der Waals surface area contributed by atoms with E-state index < -0.39 is 220 Å². The molecule has 2 saturated carbocycles. The standard InChI is InChI=1S/C54H88N18O22/c1-17-53(85,43(93-45-29(63-3)37(81)31(75)23(13-73)89-45)47(87-17)91-41-27(69-51(59)60)33(77)25(67-49(55)56)35(79)39(41)83)15-65-71-21-11-7-5-9-19(21)20-10-6-8-12-22(20)72-66-16-54(86)18(2)88-48(44(54)94-46-30(64-4)38(82)32(76)24(14-74)90-46)92-42-28(70-52(61)62)34(78)26(68-50(57)58)36(80)40(42)84/h5-12,15-18,23-48,63-64,71-86H,13-14H2,1-4H3,(H4,55,56,67)(H4,57,58,68)(H4,59,60,69)(H4,61,62,70). The number of hydrazone groups is 2. The van der Waals surface area contributed by atoms with Gasteiger partial charge >= 0.3 is 0 Å². The monoisotopic (exact) mass is 1340 g/mol. The summed E-state index contributed by atoms with van der Waals surface area (Å²) in [4.78, 5) is 15.8. The van der Waals surface area contributed by atoms with Crippen molar-refractivity contribution in [3.63, 3.8) is 0 Å². The maximum absolute atomic E-state index is 12.8. The molecule has 4 saturated heterocycles. The number of nitrogens with one attached hydrogen (secondary N) is 4. The van der Waals surface area contributed by atoms with Crippen molar-refractivity contribution in [2.24, 2.45) is 76.0 Å². The van der Waals surface area contributed by atoms with Crippen LogP contribution in [0.4, 0.5) is 11.4 Å². The van der Waals surface area contributed by atoms with Gasteiger partial charge in [-0.3, -0.25) is 10.9 Å². The molecule has 0 amide bonds. The molecule has 30 unspecified atom stereocenters. The van der Waals surface area contributed by atoms with E-state index in [4.69, 9.17) is 83.8 Å². The average molecular weight is 1340 g/mol. The number of nitrogens with zero attached hydrogens (tertiary/aromatic N) is 6. The Labute approximate surface area is 536 Å². The average Bonchev–Trinajstić information content (AvgIpc) is 1.53. The molecule has 40 nitrogen and oxygen atoms in total. The van der Waals surface area contributed by atoms with Gasteiger partial charge in [0.25, 0.3) is 0 Å². The van der Waals surface area contributed by atoms with Gasteiger partial charge in [0.1, 0.15) is 122 Å². The van der Waals surface area contributed by atoms with E-state index in [1.165, 1.54) is 27.9 Å². The summed E-state index contributed by atoms with van der Waals surface area (Å²) in [6.07, 6.45) is -35.5. The van der Waals surface area contributed by atoms with Crippen molar-refractivity contribution >= 4 is 47.6 Å². The van der Waals surface area contributed by atoms with Crippen LogP contribution in [0, 0.1) is 0 Å². The predicted octanol–water partition coefficient (Wildman–Crippen LogP) is -12.5. The zero-order valence-electron chi connectivity index (χ0n) is 51.2. The Balaban J connectivity index is 1.10. The van der Waals surface area contributed by atoms with Gasteiger partial charge in [-0.25, -0.2) is 20.0 Å². The van der Waals surface area contributed by atoms with E-state index in [0.717, 1.165) is 12.4 Å². The van der Waals surface area contributed by atoms with E-state index in [1.807, 2.05) is 0 Å². The molecule has 4 aliphatic heterocycles. The van der Waals surface area contributed by atoms with Crippen molar-refractivity contribution in [1.82, 2.24) is 10.6 Å². The molecule has 0 radical (unpaired) electrons. The molecule has 94 heavy (non-hydrogen) atoms. The number of guanidine groups is 4. The van der Waals surface area contributed by atoms with Crippen LogP contribution in [0.15, 0.2) is 78.7 Å². The molecule has 2 aromatic carbocycles. The molecule has 0 aromatic heterocycles. The second-order valence-corrected chi connectivity index (χ2v) is 23.4. The number of anilines is 2. The maximum atomic E-state index is 12.8. The molecule has 8 rings (SSSR count). The number of ether oxygens (including phenoxy) is 8. The first-order valence-corrected chi connectivity index (χ1v) is 29.7. The molecule has 0 bridgehead atoms. The van der Waals surface area contributed by atoms with E-state index in [1.54, 1.807) is 48.5 Å². The molecule has 2 aromatic rings. The minimum Gasteiger partial charge on any atom is -0.394 e. The van der Waals surface area contributed by atoms with Gasteiger partial charge in [-0.15, -0.1) is 0 Å². The number of nitrogens with two attached hydrogens (primary N) is 8. The second-order valence-electron chi connectivity index (χ2n) is 23.4. The highest BCUT2D eigenvalue weighted by Crippen LogP contribution is 2.42. The molecule has 34 N–H and O–H groups in total. The molecule has 2 aliphatic carbocycles. The third kappa shape index (κ3) is 15.0. The maximum Gasteiger partial charge on any atom is 0.188 e. The fraction of sp³-hybridized carbons (Fsp3) is 0.667. The zero-order valence-corrected chi connectivity index (χ0v) is 51.2. The summed E-state index contributed by atoms with van der Waals surface area (Å²) >= 11 is 0. The second kappa shape index (κ2) is 30.7. The number of likely N-dealkylation sites (N-methyl/N-ethyl adjacent to an activating group) is 2. The Morgan fingerprint density at radius 1 is 0.447 bits per heavy atom. The number of aliphatic hydroxyl groups excluding tert-OH is 12. The molecule has 6 fully saturated rings. The van der Waals surface area contributed by atoms with Gasteiger partial charge in [-0.1, -0.05) is 36.4 Å². The Kier molecular flexibility index (Phi) is 23.9. The number of aliphatic imine (C=N–C) groups is 4. The van der Waals surface area contributed by atoms with E-state index >= 15 is 0 Å². The van der Waals surface area contributed by atoms with Crippen LogP contribution in [-0.2, 0) is 37.9 Å². The molecular formula is C54H88N18O22. The molecular weight excluding hydrogens is 1250 g/mol. The molecule has 30 atom stereocenters. The van der Waals surface area contributed by atoms with E-state index in [9.17, 15) is 71.5 Å². The van der Waals surface area contributed by atoms with Gasteiger partial charge in [0.15, 0.2) is 60.2 Å². The first kappa shape index (κ1) is 73.3. The summed E-state index contributed by atoms with van der Waals surface area (Å²) in [7, 11) is 2.82. The number of aliphatic hydroxyl groups is 14. The highest BCUT2D eigenvalue weighted by atomic mass is 16.8. The molecule has 40 heteroatoms. The lowest BCUT2D eigenvalue weighted by Crippen LogP contribution is -2.66. The quantitative estimate of drug-likeness (QED) is 0.0279. The van der Waals surface area contributed by atoms with Crippen molar-refractivity contribution in [3.05, 3.63) is 48.5 Å². The Hall–Kier alpha value is -6.50. The van der Waals surface area contributed by atoms with Crippen LogP contribution in [0.2, 0.25) is 0 Å². The first-order chi connectivity index (χ1) is 44.5. The molecule has 0 spiro atoms. The largest absolute Gasteiger partial charge is 0.394 e. The summed E-state index contributed by atoms with van der Waals surface area (Å²) in [5.41, 5.74) is 47.7. The van der Waals surface area contributed by atoms with Gasteiger partial charge in [0, 0.05) is 11.1 Å². The molecule has 526 valence electrons. The summed E-state index contributed by atoms with van der Waals surface area (Å²) in [6.45, 7) is 1.20. The topological polar surface area (TPSA) is 688 Å². The number of benzene rings is 2. The summed E-state index contributed by atoms with van der Waals surface area (Å²) in [5.74, 6) is -2.31. The fourth-order valence-corrected chi connectivity index (χ4v) is 12.2. The highest BCUT2D eigenvalue weighted by molar-refractivity contribution is 5.87. The smallest absolute Gasteiger partial charge is 0.188 e. The van der Waals surface area contributed by atoms with Crippen LogP contribution in [-0.4, -0.2) is 318 Å². The van der Waals surface area contributed by atoms with Gasteiger partial charge in [0.2, 0.25) is 0 Å². The Bertz CT molecular complexity index is 2830. The Morgan fingerprint density at radius 3 is 1.10 bits per heavy atom. The van der Waals surface area contributed by atoms with Gasteiger partial charge in [-0.05, 0) is 40.1 Å². The SMILES string of the molecule is CNC1C(OC2C(OC3C(O)C(O)C(N=C(N)N)C(O)C3N=C(N)N)OC(C)C2(O)C=NNc2ccccc2-c2ccccc2NN=CC2(O)C(C)OC(OC3C(O)C(O)C(N=C(N)N)C(O)C3N=C(N)N)C2OC2OC(CO)C(O)C(O)C2NC)OC(CO)C(O)C1O. The normalized spacial score (nSPS) is 42.4. The zero-order chi connectivity index (χ0) is 69.0. The summed E-state index contributed by atoms with van der Waals surface area (Å²) < 4.78 is 49.5. The minimum atomic E-state index is -2.41. The number of hydrogen-bond acceptors (Lipinski definition) is 32. The summed E-state index contributed by atoms with van der Waals surface area (Å²) in [5, 5.41) is 173. The third-order valence-electron chi connectivity index (χ3n) is 17.4. The highest BCUT2D eigenvalue weighted by Gasteiger charge is 2.63. The van der Waals surface area contributed by atoms with Crippen LogP contribution in [0.1, 0.15) is 13.8 Å². The lowest BCUT2D eigenvalue weighted by molar-refractivity contribution is -0.313. The van der Waals surface area contributed by atoms with Crippen LogP contribution in [0.25, 0.3) is 11.1 Å². The van der Waals surface area contributed by atoms with Crippen LogP contribution in [0.3, 0.4) is 0 Å². The van der Waals surface area contributed by atoms with Crippen molar-refractivity contribution in [2.75, 3.05) is 38.2 Å². The van der Waals surface area contributed by atoms with Gasteiger partial charge in [0.05, 0.1) is 61.3 Å². The van der Waals surface area contributed by atoms with Crippen LogP contribution >= 0.6 is 0 Å². The fourth-order valence-electron chi connectivity index (χ4n) is 12.2. The van der Waals surface area contributed by atoms with Gasteiger partial charge in [-0.2, -0.15) is 10.2 Å². The van der Waals surface area contributed by atoms with Gasteiger partial charge < -0.3 is 166 Å². The lowest BCUT2D eigenvalue weighted by Gasteiger charge is -2.45. The van der Waals surface area contributed by atoms with Crippen molar-refractivity contribution < 1.29 is 109 Å².